The van der Waals surface area contributed by atoms with E-state index < -0.39 is 9.84 Å². The van der Waals surface area contributed by atoms with Gasteiger partial charge in [-0.1, -0.05) is 41.4 Å². The summed E-state index contributed by atoms with van der Waals surface area (Å²) in [5, 5.41) is 7.77. The lowest BCUT2D eigenvalue weighted by Crippen LogP contribution is -2.38. The van der Waals surface area contributed by atoms with E-state index in [4.69, 9.17) is 23.2 Å². The Hall–Kier alpha value is -1.03. The lowest BCUT2D eigenvalue weighted by Gasteiger charge is -2.13. The third kappa shape index (κ3) is 7.96. The van der Waals surface area contributed by atoms with Crippen LogP contribution in [0.2, 0.25) is 10.0 Å². The minimum atomic E-state index is -3.22. The van der Waals surface area contributed by atoms with Crippen LogP contribution in [-0.2, 0) is 22.8 Å². The number of nitrogens with one attached hydrogen (secondary N) is 2. The second-order valence-electron chi connectivity index (χ2n) is 6.44. The van der Waals surface area contributed by atoms with Gasteiger partial charge in [0.2, 0.25) is 0 Å². The van der Waals surface area contributed by atoms with E-state index in [-0.39, 0.29) is 24.0 Å². The van der Waals surface area contributed by atoms with Crippen molar-refractivity contribution in [3.05, 3.63) is 63.1 Å². The summed E-state index contributed by atoms with van der Waals surface area (Å²) in [6.07, 6.45) is 1.89. The van der Waals surface area contributed by atoms with E-state index >= 15 is 0 Å². The van der Waals surface area contributed by atoms with Crippen LogP contribution in [0.4, 0.5) is 0 Å². The Morgan fingerprint density at radius 3 is 2.31 bits per heavy atom. The van der Waals surface area contributed by atoms with Crippen molar-refractivity contribution in [3.8, 4) is 0 Å². The van der Waals surface area contributed by atoms with Gasteiger partial charge in [0, 0.05) is 29.4 Å². The molecule has 0 saturated carbocycles. The van der Waals surface area contributed by atoms with Crippen molar-refractivity contribution in [2.45, 2.75) is 31.7 Å². The van der Waals surface area contributed by atoms with Crippen LogP contribution >= 0.6 is 47.2 Å². The molecule has 0 radical (unpaired) electrons. The van der Waals surface area contributed by atoms with E-state index in [9.17, 15) is 8.42 Å². The highest BCUT2D eigenvalue weighted by atomic mass is 127. The molecule has 0 bridgehead atoms. The van der Waals surface area contributed by atoms with Crippen LogP contribution in [0.15, 0.2) is 46.3 Å². The van der Waals surface area contributed by atoms with Crippen LogP contribution in [0.3, 0.4) is 0 Å². The van der Waals surface area contributed by atoms with Crippen LogP contribution in [0.5, 0.6) is 0 Å². The molecule has 0 unspecified atom stereocenters. The number of aryl methyl sites for hydroxylation is 1. The topological polar surface area (TPSA) is 70.6 Å². The molecule has 0 aromatic heterocycles. The van der Waals surface area contributed by atoms with Gasteiger partial charge in [0.15, 0.2) is 15.8 Å². The Morgan fingerprint density at radius 1 is 1.10 bits per heavy atom. The third-order valence-corrected chi connectivity index (χ3v) is 6.10. The molecule has 0 heterocycles. The minimum Gasteiger partial charge on any atom is -0.357 e. The number of guanidine groups is 1. The van der Waals surface area contributed by atoms with Gasteiger partial charge >= 0.3 is 0 Å². The largest absolute Gasteiger partial charge is 0.357 e. The maximum absolute atomic E-state index is 11.7. The van der Waals surface area contributed by atoms with Crippen LogP contribution < -0.4 is 10.6 Å². The van der Waals surface area contributed by atoms with Crippen LogP contribution in [-0.4, -0.2) is 33.7 Å². The van der Waals surface area contributed by atoms with Gasteiger partial charge in [-0.15, -0.1) is 24.0 Å². The zero-order valence-corrected chi connectivity index (χ0v) is 21.3. The van der Waals surface area contributed by atoms with Crippen molar-refractivity contribution < 1.29 is 8.42 Å². The van der Waals surface area contributed by atoms with Gasteiger partial charge in [-0.05, 0) is 55.2 Å². The van der Waals surface area contributed by atoms with E-state index in [0.29, 0.717) is 40.4 Å². The molecule has 0 amide bonds. The fourth-order valence-corrected chi connectivity index (χ4v) is 4.36. The molecular formula is C20H26Cl2IN3O2S. The predicted octanol–water partition coefficient (Wildman–Crippen LogP) is 4.62. The Balaban J connectivity index is 0.00000420. The lowest BCUT2D eigenvalue weighted by atomic mass is 10.1. The lowest BCUT2D eigenvalue weighted by molar-refractivity contribution is 0.601. The van der Waals surface area contributed by atoms with Gasteiger partial charge < -0.3 is 10.6 Å². The molecule has 0 atom stereocenters. The second kappa shape index (κ2) is 12.0. The highest BCUT2D eigenvalue weighted by Gasteiger charge is 2.11. The standard InChI is InChI=1S/C20H25Cl2N3O2S.HI/c1-4-23-20(24-11-10-16-17(21)6-5-7-18(16)22)25-13-15-8-9-19(14(2)12-15)28(3,26)27;/h5-9,12H,4,10-11,13H2,1-3H3,(H2,23,24,25);1H. The number of halogens is 3. The number of sulfone groups is 1. The summed E-state index contributed by atoms with van der Waals surface area (Å²) >= 11 is 12.4. The molecule has 2 aromatic rings. The minimum absolute atomic E-state index is 0. The van der Waals surface area contributed by atoms with Crippen molar-refractivity contribution in [2.75, 3.05) is 19.3 Å². The van der Waals surface area contributed by atoms with Gasteiger partial charge in [-0.25, -0.2) is 13.4 Å². The monoisotopic (exact) mass is 569 g/mol. The molecule has 0 aliphatic heterocycles. The Bertz CT molecular complexity index is 946. The molecule has 0 fully saturated rings. The van der Waals surface area contributed by atoms with Crippen molar-refractivity contribution in [3.63, 3.8) is 0 Å². The summed E-state index contributed by atoms with van der Waals surface area (Å²) in [7, 11) is -3.22. The van der Waals surface area contributed by atoms with E-state index in [0.717, 1.165) is 23.2 Å². The first-order valence-electron chi connectivity index (χ1n) is 8.97. The predicted molar refractivity (Wildman–Crippen MR) is 133 cm³/mol. The Kier molecular flexibility index (Phi) is 10.7. The maximum Gasteiger partial charge on any atom is 0.191 e. The molecule has 2 N–H and O–H groups in total. The SMILES string of the molecule is CCNC(=NCc1ccc(S(C)(=O)=O)c(C)c1)NCCc1c(Cl)cccc1Cl.I. The fourth-order valence-electron chi connectivity index (χ4n) is 2.82. The van der Waals surface area contributed by atoms with Crippen LogP contribution in [0.25, 0.3) is 0 Å². The number of rotatable bonds is 7. The molecular weight excluding hydrogens is 544 g/mol. The Morgan fingerprint density at radius 2 is 1.76 bits per heavy atom. The molecule has 160 valence electrons. The maximum atomic E-state index is 11.7. The van der Waals surface area contributed by atoms with Crippen LogP contribution in [0, 0.1) is 6.92 Å². The molecule has 5 nitrogen and oxygen atoms in total. The first-order chi connectivity index (χ1) is 13.2. The van der Waals surface area contributed by atoms with Crippen molar-refractivity contribution >= 4 is 63.0 Å². The smallest absolute Gasteiger partial charge is 0.191 e. The summed E-state index contributed by atoms with van der Waals surface area (Å²) in [5.41, 5.74) is 2.57. The molecule has 29 heavy (non-hydrogen) atoms. The van der Waals surface area contributed by atoms with Gasteiger partial charge in [0.05, 0.1) is 11.4 Å². The average molecular weight is 570 g/mol. The Labute approximate surface area is 200 Å². The van der Waals surface area contributed by atoms with E-state index in [1.165, 1.54) is 6.26 Å². The summed E-state index contributed by atoms with van der Waals surface area (Å²) < 4.78 is 23.5. The summed E-state index contributed by atoms with van der Waals surface area (Å²) in [6, 6.07) is 10.8. The zero-order valence-electron chi connectivity index (χ0n) is 16.6. The third-order valence-electron chi connectivity index (χ3n) is 4.13. The quantitative estimate of drug-likeness (QED) is 0.290. The zero-order chi connectivity index (χ0) is 20.7. The van der Waals surface area contributed by atoms with Gasteiger partial charge in [0.25, 0.3) is 0 Å². The van der Waals surface area contributed by atoms with Gasteiger partial charge in [-0.2, -0.15) is 0 Å². The van der Waals surface area contributed by atoms with Crippen molar-refractivity contribution in [2.24, 2.45) is 4.99 Å². The summed E-state index contributed by atoms with van der Waals surface area (Å²) in [4.78, 5) is 4.92. The van der Waals surface area contributed by atoms with E-state index in [1.54, 1.807) is 19.1 Å². The fraction of sp³-hybridized carbons (Fsp3) is 0.350. The summed E-state index contributed by atoms with van der Waals surface area (Å²) in [6.45, 7) is 5.58. The second-order valence-corrected chi connectivity index (χ2v) is 9.24. The van der Waals surface area contributed by atoms with Crippen molar-refractivity contribution in [1.29, 1.82) is 0 Å². The molecule has 0 saturated heterocycles. The molecule has 2 aromatic carbocycles. The number of aliphatic imine (C=N–C) groups is 1. The molecule has 0 spiro atoms. The number of hydrogen-bond acceptors (Lipinski definition) is 3. The number of hydrogen-bond donors (Lipinski definition) is 2. The number of benzene rings is 2. The average Bonchev–Trinajstić information content (AvgIpc) is 2.61. The molecule has 9 heteroatoms. The van der Waals surface area contributed by atoms with Gasteiger partial charge in [0.1, 0.15) is 0 Å². The first-order valence-corrected chi connectivity index (χ1v) is 11.6. The molecule has 0 aliphatic rings. The van der Waals surface area contributed by atoms with Gasteiger partial charge in [-0.3, -0.25) is 0 Å². The number of nitrogens with zero attached hydrogens (tertiary/aromatic N) is 1. The molecule has 2 rings (SSSR count). The van der Waals surface area contributed by atoms with Crippen LogP contribution in [0.1, 0.15) is 23.6 Å². The first kappa shape index (κ1) is 26.0. The van der Waals surface area contributed by atoms with Crippen molar-refractivity contribution in [1.82, 2.24) is 10.6 Å². The summed E-state index contributed by atoms with van der Waals surface area (Å²) in [5.74, 6) is 0.676. The highest BCUT2D eigenvalue weighted by Crippen LogP contribution is 2.24. The van der Waals surface area contributed by atoms with E-state index in [1.807, 2.05) is 31.2 Å². The van der Waals surface area contributed by atoms with E-state index in [2.05, 4.69) is 15.6 Å². The highest BCUT2D eigenvalue weighted by molar-refractivity contribution is 14.0. The normalized spacial score (nSPS) is 11.7. The molecule has 0 aliphatic carbocycles.